The quantitative estimate of drug-likeness (QED) is 0.826. The number of hydrazine groups is 1. The van der Waals surface area contributed by atoms with Gasteiger partial charge in [0.15, 0.2) is 0 Å². The fourth-order valence-corrected chi connectivity index (χ4v) is 1.60. The Kier molecular flexibility index (Phi) is 4.19. The first-order chi connectivity index (χ1) is 8.78. The number of hydrogen-bond acceptors (Lipinski definition) is 3. The number of nitrogens with one attached hydrogen (secondary N) is 2. The number of hydrogen-bond donors (Lipinski definition) is 2. The van der Waals surface area contributed by atoms with E-state index in [0.29, 0.717) is 12.1 Å². The van der Waals surface area contributed by atoms with Crippen LogP contribution in [0.25, 0.3) is 0 Å². The van der Waals surface area contributed by atoms with E-state index in [1.54, 1.807) is 12.1 Å². The number of benzene rings is 2. The molecule has 0 atom stereocenters. The molecule has 2 rings (SSSR count). The van der Waals surface area contributed by atoms with Gasteiger partial charge in [0.2, 0.25) is 0 Å². The SMILES string of the molecule is N#Cc1ccc(NNCc2ccc(Cl)cc2)cc1. The van der Waals surface area contributed by atoms with Crippen molar-refractivity contribution in [3.05, 3.63) is 64.7 Å². The van der Waals surface area contributed by atoms with Crippen LogP contribution in [0.15, 0.2) is 48.5 Å². The molecule has 0 fully saturated rings. The molecule has 0 saturated heterocycles. The van der Waals surface area contributed by atoms with Crippen molar-refractivity contribution in [2.45, 2.75) is 6.54 Å². The molecule has 0 aliphatic rings. The van der Waals surface area contributed by atoms with Crippen LogP contribution in [0.4, 0.5) is 5.69 Å². The van der Waals surface area contributed by atoms with Gasteiger partial charge < -0.3 is 5.43 Å². The zero-order chi connectivity index (χ0) is 12.8. The van der Waals surface area contributed by atoms with Gasteiger partial charge in [-0.2, -0.15) is 5.26 Å². The smallest absolute Gasteiger partial charge is 0.0991 e. The summed E-state index contributed by atoms with van der Waals surface area (Å²) >= 11 is 5.81. The second kappa shape index (κ2) is 6.06. The largest absolute Gasteiger partial charge is 0.321 e. The van der Waals surface area contributed by atoms with Crippen LogP contribution in [0.2, 0.25) is 5.02 Å². The second-order valence-electron chi connectivity index (χ2n) is 3.79. The molecular formula is C14H12ClN3. The molecule has 0 saturated carbocycles. The lowest BCUT2D eigenvalue weighted by molar-refractivity contribution is 0.801. The van der Waals surface area contributed by atoms with Crippen LogP contribution < -0.4 is 10.9 Å². The molecule has 2 N–H and O–H groups in total. The van der Waals surface area contributed by atoms with Gasteiger partial charge in [0.1, 0.15) is 0 Å². The normalized spacial score (nSPS) is 9.78. The summed E-state index contributed by atoms with van der Waals surface area (Å²) in [6.07, 6.45) is 0. The summed E-state index contributed by atoms with van der Waals surface area (Å²) < 4.78 is 0. The maximum absolute atomic E-state index is 8.68. The summed E-state index contributed by atoms with van der Waals surface area (Å²) in [6.45, 7) is 0.692. The lowest BCUT2D eigenvalue weighted by Gasteiger charge is -2.08. The van der Waals surface area contributed by atoms with Crippen LogP contribution in [0.1, 0.15) is 11.1 Å². The van der Waals surface area contributed by atoms with Crippen molar-refractivity contribution in [3.8, 4) is 6.07 Å². The Labute approximate surface area is 111 Å². The Morgan fingerprint density at radius 3 is 2.28 bits per heavy atom. The van der Waals surface area contributed by atoms with Gasteiger partial charge in [-0.25, -0.2) is 5.43 Å². The van der Waals surface area contributed by atoms with E-state index in [9.17, 15) is 0 Å². The average molecular weight is 258 g/mol. The van der Waals surface area contributed by atoms with Gasteiger partial charge in [-0.1, -0.05) is 23.7 Å². The van der Waals surface area contributed by atoms with E-state index >= 15 is 0 Å². The molecule has 3 nitrogen and oxygen atoms in total. The first-order valence-corrected chi connectivity index (χ1v) is 5.89. The van der Waals surface area contributed by atoms with Crippen LogP contribution in [-0.2, 0) is 6.54 Å². The van der Waals surface area contributed by atoms with Crippen molar-refractivity contribution >= 4 is 17.3 Å². The van der Waals surface area contributed by atoms with Crippen molar-refractivity contribution in [2.75, 3.05) is 5.43 Å². The van der Waals surface area contributed by atoms with Gasteiger partial charge in [-0.05, 0) is 42.0 Å². The second-order valence-corrected chi connectivity index (χ2v) is 4.23. The third-order valence-corrected chi connectivity index (χ3v) is 2.70. The first kappa shape index (κ1) is 12.4. The van der Waals surface area contributed by atoms with Gasteiger partial charge in [-0.15, -0.1) is 0 Å². The summed E-state index contributed by atoms with van der Waals surface area (Å²) in [4.78, 5) is 0. The first-order valence-electron chi connectivity index (χ1n) is 5.51. The van der Waals surface area contributed by atoms with E-state index in [2.05, 4.69) is 16.9 Å². The molecule has 0 aliphatic heterocycles. The zero-order valence-corrected chi connectivity index (χ0v) is 10.4. The number of nitriles is 1. The third-order valence-electron chi connectivity index (χ3n) is 2.45. The fourth-order valence-electron chi connectivity index (χ4n) is 1.48. The molecule has 0 bridgehead atoms. The molecule has 2 aromatic carbocycles. The van der Waals surface area contributed by atoms with Crippen molar-refractivity contribution < 1.29 is 0 Å². The van der Waals surface area contributed by atoms with Gasteiger partial charge in [-0.3, -0.25) is 0 Å². The maximum atomic E-state index is 8.68. The minimum Gasteiger partial charge on any atom is -0.321 e. The number of rotatable bonds is 4. The topological polar surface area (TPSA) is 47.9 Å². The molecule has 4 heteroatoms. The van der Waals surface area contributed by atoms with Gasteiger partial charge in [0.05, 0.1) is 11.6 Å². The Morgan fingerprint density at radius 1 is 1.00 bits per heavy atom. The van der Waals surface area contributed by atoms with Crippen molar-refractivity contribution in [1.29, 1.82) is 5.26 Å². The van der Waals surface area contributed by atoms with Crippen LogP contribution in [0.3, 0.4) is 0 Å². The minimum atomic E-state index is 0.651. The zero-order valence-electron chi connectivity index (χ0n) is 9.65. The molecule has 0 radical (unpaired) electrons. The Hall–Kier alpha value is -2.02. The minimum absolute atomic E-state index is 0.651. The lowest BCUT2D eigenvalue weighted by atomic mass is 10.2. The van der Waals surface area contributed by atoms with E-state index in [-0.39, 0.29) is 0 Å². The molecule has 0 aromatic heterocycles. The molecule has 0 unspecified atom stereocenters. The third kappa shape index (κ3) is 3.49. The summed E-state index contributed by atoms with van der Waals surface area (Å²) in [5.74, 6) is 0. The maximum Gasteiger partial charge on any atom is 0.0991 e. The Morgan fingerprint density at radius 2 is 1.67 bits per heavy atom. The number of nitrogens with zero attached hydrogens (tertiary/aromatic N) is 1. The molecule has 2 aromatic rings. The summed E-state index contributed by atoms with van der Waals surface area (Å²) in [7, 11) is 0. The van der Waals surface area contributed by atoms with Crippen LogP contribution in [0.5, 0.6) is 0 Å². The highest BCUT2D eigenvalue weighted by molar-refractivity contribution is 6.30. The van der Waals surface area contributed by atoms with E-state index in [4.69, 9.17) is 16.9 Å². The molecule has 0 aliphatic carbocycles. The highest BCUT2D eigenvalue weighted by atomic mass is 35.5. The van der Waals surface area contributed by atoms with Crippen LogP contribution in [0, 0.1) is 11.3 Å². The molecule has 18 heavy (non-hydrogen) atoms. The number of anilines is 1. The van der Waals surface area contributed by atoms with E-state index < -0.39 is 0 Å². The van der Waals surface area contributed by atoms with Crippen LogP contribution >= 0.6 is 11.6 Å². The monoisotopic (exact) mass is 257 g/mol. The van der Waals surface area contributed by atoms with Crippen LogP contribution in [-0.4, -0.2) is 0 Å². The van der Waals surface area contributed by atoms with Crippen molar-refractivity contribution in [3.63, 3.8) is 0 Å². The predicted octanol–water partition coefficient (Wildman–Crippen LogP) is 3.33. The van der Waals surface area contributed by atoms with Crippen molar-refractivity contribution in [1.82, 2.24) is 5.43 Å². The van der Waals surface area contributed by atoms with E-state index in [1.165, 1.54) is 0 Å². The predicted molar refractivity (Wildman–Crippen MR) is 73.1 cm³/mol. The average Bonchev–Trinajstić information content (AvgIpc) is 2.42. The summed E-state index contributed by atoms with van der Waals surface area (Å²) in [5, 5.41) is 9.41. The summed E-state index contributed by atoms with van der Waals surface area (Å²) in [6, 6.07) is 17.0. The number of halogens is 1. The molecule has 0 spiro atoms. The molecule has 0 amide bonds. The summed E-state index contributed by atoms with van der Waals surface area (Å²) in [5.41, 5.74) is 8.88. The van der Waals surface area contributed by atoms with Gasteiger partial charge in [0, 0.05) is 17.3 Å². The Balaban J connectivity index is 1.84. The van der Waals surface area contributed by atoms with E-state index in [1.807, 2.05) is 36.4 Å². The van der Waals surface area contributed by atoms with E-state index in [0.717, 1.165) is 16.3 Å². The highest BCUT2D eigenvalue weighted by Gasteiger charge is 1.94. The molecule has 90 valence electrons. The molecule has 0 heterocycles. The van der Waals surface area contributed by atoms with Gasteiger partial charge >= 0.3 is 0 Å². The van der Waals surface area contributed by atoms with Gasteiger partial charge in [0.25, 0.3) is 0 Å². The molecular weight excluding hydrogens is 246 g/mol. The standard InChI is InChI=1S/C14H12ClN3/c15-13-5-1-12(2-6-13)10-17-18-14-7-3-11(9-16)4-8-14/h1-8,17-18H,10H2. The fraction of sp³-hybridized carbons (Fsp3) is 0.0714. The lowest BCUT2D eigenvalue weighted by Crippen LogP contribution is -2.20. The highest BCUT2D eigenvalue weighted by Crippen LogP contribution is 2.10. The van der Waals surface area contributed by atoms with Crippen molar-refractivity contribution in [2.24, 2.45) is 0 Å². The Bertz CT molecular complexity index is 541.